The Bertz CT molecular complexity index is 809. The van der Waals surface area contributed by atoms with Crippen LogP contribution < -0.4 is 14.8 Å². The zero-order valence-corrected chi connectivity index (χ0v) is 16.8. The van der Waals surface area contributed by atoms with Crippen LogP contribution in [0.25, 0.3) is 0 Å². The molecule has 150 valence electrons. The molecule has 1 saturated heterocycles. The lowest BCUT2D eigenvalue weighted by Gasteiger charge is -2.23. The average molecular weight is 404 g/mol. The summed E-state index contributed by atoms with van der Waals surface area (Å²) in [4.78, 5) is 27.8. The van der Waals surface area contributed by atoms with Crippen molar-refractivity contribution in [3.8, 4) is 11.5 Å². The molecule has 0 saturated carbocycles. The summed E-state index contributed by atoms with van der Waals surface area (Å²) in [5.74, 6) is 0.807. The highest BCUT2D eigenvalue weighted by atomic mass is 32.1. The monoisotopic (exact) mass is 404 g/mol. The maximum Gasteiger partial charge on any atom is 0.264 e. The summed E-state index contributed by atoms with van der Waals surface area (Å²) in [6.07, 6.45) is 1.46. The second-order valence-electron chi connectivity index (χ2n) is 6.33. The number of nitrogens with one attached hydrogen (secondary N) is 1. The van der Waals surface area contributed by atoms with Crippen molar-refractivity contribution in [3.05, 3.63) is 40.6 Å². The molecular formula is C20H24N2O5S. The van der Waals surface area contributed by atoms with Gasteiger partial charge in [0.1, 0.15) is 12.6 Å². The lowest BCUT2D eigenvalue weighted by Crippen LogP contribution is -2.42. The second kappa shape index (κ2) is 9.57. The van der Waals surface area contributed by atoms with Crippen LogP contribution in [0.2, 0.25) is 0 Å². The Labute approximate surface area is 168 Å². The van der Waals surface area contributed by atoms with Crippen LogP contribution in [0.3, 0.4) is 0 Å². The number of carbonyl (C=O) groups is 2. The fourth-order valence-electron chi connectivity index (χ4n) is 3.15. The standard InChI is InChI=1S/C20H24N2O5S/c1-25-10-11-27-17-13-14(7-8-16(17)26-2)21-19(23)15-5-3-9-22(15)20(24)18-6-4-12-28-18/h4,6-8,12-13,15H,3,5,9-11H2,1-2H3,(H,21,23)/t15-/m0/s1. The maximum atomic E-state index is 12.8. The summed E-state index contributed by atoms with van der Waals surface area (Å²) in [6, 6.07) is 8.35. The van der Waals surface area contributed by atoms with Crippen LogP contribution in [0, 0.1) is 0 Å². The first-order chi connectivity index (χ1) is 13.6. The molecule has 0 spiro atoms. The molecule has 7 nitrogen and oxygen atoms in total. The van der Waals surface area contributed by atoms with E-state index in [1.807, 2.05) is 11.4 Å². The summed E-state index contributed by atoms with van der Waals surface area (Å²) >= 11 is 1.39. The predicted molar refractivity (Wildman–Crippen MR) is 107 cm³/mol. The molecule has 1 aromatic carbocycles. The lowest BCUT2D eigenvalue weighted by atomic mass is 10.2. The Hall–Kier alpha value is -2.58. The highest BCUT2D eigenvalue weighted by Gasteiger charge is 2.35. The number of methoxy groups -OCH3 is 2. The molecule has 1 N–H and O–H groups in total. The normalized spacial score (nSPS) is 16.1. The van der Waals surface area contributed by atoms with E-state index in [1.54, 1.807) is 43.4 Å². The number of anilines is 1. The van der Waals surface area contributed by atoms with Crippen molar-refractivity contribution >= 4 is 28.8 Å². The van der Waals surface area contributed by atoms with Crippen molar-refractivity contribution < 1.29 is 23.8 Å². The highest BCUT2D eigenvalue weighted by Crippen LogP contribution is 2.31. The van der Waals surface area contributed by atoms with E-state index in [1.165, 1.54) is 11.3 Å². The van der Waals surface area contributed by atoms with Gasteiger partial charge in [-0.2, -0.15) is 0 Å². The first-order valence-electron chi connectivity index (χ1n) is 9.09. The van der Waals surface area contributed by atoms with Gasteiger partial charge in [0.2, 0.25) is 5.91 Å². The van der Waals surface area contributed by atoms with Gasteiger partial charge in [0.25, 0.3) is 5.91 Å². The number of ether oxygens (including phenoxy) is 3. The minimum Gasteiger partial charge on any atom is -0.493 e. The molecule has 28 heavy (non-hydrogen) atoms. The lowest BCUT2D eigenvalue weighted by molar-refractivity contribution is -0.119. The van der Waals surface area contributed by atoms with Crippen molar-refractivity contribution in [2.75, 3.05) is 39.3 Å². The quantitative estimate of drug-likeness (QED) is 0.685. The van der Waals surface area contributed by atoms with Crippen molar-refractivity contribution in [1.29, 1.82) is 0 Å². The third-order valence-electron chi connectivity index (χ3n) is 4.52. The van der Waals surface area contributed by atoms with E-state index in [0.29, 0.717) is 48.2 Å². The fraction of sp³-hybridized carbons (Fsp3) is 0.400. The maximum absolute atomic E-state index is 12.8. The van der Waals surface area contributed by atoms with E-state index in [4.69, 9.17) is 14.2 Å². The molecule has 2 heterocycles. The molecule has 2 aromatic rings. The average Bonchev–Trinajstić information content (AvgIpc) is 3.40. The largest absolute Gasteiger partial charge is 0.493 e. The molecule has 8 heteroatoms. The van der Waals surface area contributed by atoms with Gasteiger partial charge >= 0.3 is 0 Å². The molecular weight excluding hydrogens is 380 g/mol. The second-order valence-corrected chi connectivity index (χ2v) is 7.28. The number of thiophene rings is 1. The van der Waals surface area contributed by atoms with Gasteiger partial charge in [0, 0.05) is 25.4 Å². The van der Waals surface area contributed by atoms with Gasteiger partial charge in [0.05, 0.1) is 18.6 Å². The number of benzene rings is 1. The van der Waals surface area contributed by atoms with Gasteiger partial charge in [0.15, 0.2) is 11.5 Å². The Balaban J connectivity index is 1.69. The smallest absolute Gasteiger partial charge is 0.264 e. The van der Waals surface area contributed by atoms with Gasteiger partial charge in [-0.1, -0.05) is 6.07 Å². The van der Waals surface area contributed by atoms with E-state index in [-0.39, 0.29) is 11.8 Å². The Morgan fingerprint density at radius 3 is 2.79 bits per heavy atom. The summed E-state index contributed by atoms with van der Waals surface area (Å²) in [7, 11) is 3.16. The zero-order chi connectivity index (χ0) is 19.9. The zero-order valence-electron chi connectivity index (χ0n) is 16.0. The number of likely N-dealkylation sites (tertiary alicyclic amines) is 1. The molecule has 1 aliphatic heterocycles. The summed E-state index contributed by atoms with van der Waals surface area (Å²) in [6.45, 7) is 1.40. The Morgan fingerprint density at radius 2 is 2.07 bits per heavy atom. The number of nitrogens with zero attached hydrogens (tertiary/aromatic N) is 1. The van der Waals surface area contributed by atoms with Gasteiger partial charge in [-0.15, -0.1) is 11.3 Å². The van der Waals surface area contributed by atoms with Crippen molar-refractivity contribution in [2.45, 2.75) is 18.9 Å². The van der Waals surface area contributed by atoms with Crippen LogP contribution in [0.5, 0.6) is 11.5 Å². The van der Waals surface area contributed by atoms with E-state index in [9.17, 15) is 9.59 Å². The summed E-state index contributed by atoms with van der Waals surface area (Å²) < 4.78 is 15.9. The minimum absolute atomic E-state index is 0.0917. The third-order valence-corrected chi connectivity index (χ3v) is 5.38. The molecule has 0 radical (unpaired) electrons. The molecule has 1 fully saturated rings. The molecule has 0 aliphatic carbocycles. The molecule has 1 atom stereocenters. The van der Waals surface area contributed by atoms with Crippen LogP contribution in [0.1, 0.15) is 22.5 Å². The molecule has 1 aliphatic rings. The molecule has 0 bridgehead atoms. The Morgan fingerprint density at radius 1 is 1.21 bits per heavy atom. The summed E-state index contributed by atoms with van der Waals surface area (Å²) in [5.41, 5.74) is 0.591. The van der Waals surface area contributed by atoms with Gasteiger partial charge in [-0.05, 0) is 36.4 Å². The molecule has 3 rings (SSSR count). The van der Waals surface area contributed by atoms with Crippen molar-refractivity contribution in [2.24, 2.45) is 0 Å². The van der Waals surface area contributed by atoms with Crippen LogP contribution in [-0.4, -0.2) is 56.7 Å². The molecule has 0 unspecified atom stereocenters. The predicted octanol–water partition coefficient (Wildman–Crippen LogP) is 3.03. The fourth-order valence-corrected chi connectivity index (χ4v) is 3.83. The van der Waals surface area contributed by atoms with E-state index in [2.05, 4.69) is 5.32 Å². The van der Waals surface area contributed by atoms with Crippen molar-refractivity contribution in [1.82, 2.24) is 4.90 Å². The SMILES string of the molecule is COCCOc1cc(NC(=O)[C@@H]2CCCN2C(=O)c2cccs2)ccc1OC. The third kappa shape index (κ3) is 4.63. The molecule has 2 amide bonds. The number of amides is 2. The van der Waals surface area contributed by atoms with E-state index in [0.717, 1.165) is 6.42 Å². The first kappa shape index (κ1) is 20.2. The number of hydrogen-bond acceptors (Lipinski definition) is 6. The number of rotatable bonds is 8. The highest BCUT2D eigenvalue weighted by molar-refractivity contribution is 7.12. The van der Waals surface area contributed by atoms with E-state index < -0.39 is 6.04 Å². The van der Waals surface area contributed by atoms with Gasteiger partial charge in [-0.3, -0.25) is 9.59 Å². The first-order valence-corrected chi connectivity index (χ1v) is 9.97. The van der Waals surface area contributed by atoms with Crippen LogP contribution in [0.4, 0.5) is 5.69 Å². The van der Waals surface area contributed by atoms with E-state index >= 15 is 0 Å². The number of carbonyl (C=O) groups excluding carboxylic acids is 2. The number of hydrogen-bond donors (Lipinski definition) is 1. The van der Waals surface area contributed by atoms with Crippen LogP contribution >= 0.6 is 11.3 Å². The minimum atomic E-state index is -0.477. The van der Waals surface area contributed by atoms with Gasteiger partial charge in [-0.25, -0.2) is 0 Å². The van der Waals surface area contributed by atoms with Crippen LogP contribution in [-0.2, 0) is 9.53 Å². The topological polar surface area (TPSA) is 77.1 Å². The van der Waals surface area contributed by atoms with Crippen LogP contribution in [0.15, 0.2) is 35.7 Å². The van der Waals surface area contributed by atoms with Crippen molar-refractivity contribution in [3.63, 3.8) is 0 Å². The Kier molecular flexibility index (Phi) is 6.89. The summed E-state index contributed by atoms with van der Waals surface area (Å²) in [5, 5.41) is 4.76. The van der Waals surface area contributed by atoms with Gasteiger partial charge < -0.3 is 24.4 Å². The molecule has 1 aromatic heterocycles.